The molecule has 1 atom stereocenters. The lowest BCUT2D eigenvalue weighted by Crippen LogP contribution is -2.44. The van der Waals surface area contributed by atoms with Gasteiger partial charge in [0.1, 0.15) is 5.69 Å². The van der Waals surface area contributed by atoms with E-state index in [-0.39, 0.29) is 5.91 Å². The van der Waals surface area contributed by atoms with Crippen molar-refractivity contribution in [2.24, 2.45) is 13.0 Å². The number of piperidine rings is 1. The molecule has 5 nitrogen and oxygen atoms in total. The molecule has 0 bridgehead atoms. The number of hydrogen-bond donors (Lipinski definition) is 0. The molecule has 5 heteroatoms. The van der Waals surface area contributed by atoms with E-state index in [0.717, 1.165) is 32.4 Å². The van der Waals surface area contributed by atoms with Gasteiger partial charge in [0.25, 0.3) is 5.91 Å². The Balaban J connectivity index is 1.48. The van der Waals surface area contributed by atoms with E-state index in [2.05, 4.69) is 24.3 Å². The van der Waals surface area contributed by atoms with Gasteiger partial charge in [0.05, 0.1) is 0 Å². The van der Waals surface area contributed by atoms with E-state index < -0.39 is 12.1 Å². The first-order valence-corrected chi connectivity index (χ1v) is 9.19. The maximum atomic E-state index is 12.6. The highest BCUT2D eigenvalue weighted by Crippen LogP contribution is 2.22. The van der Waals surface area contributed by atoms with Crippen molar-refractivity contribution in [3.63, 3.8) is 0 Å². The van der Waals surface area contributed by atoms with Crippen LogP contribution in [0.4, 0.5) is 0 Å². The van der Waals surface area contributed by atoms with Crippen molar-refractivity contribution in [3.8, 4) is 0 Å². The van der Waals surface area contributed by atoms with Crippen LogP contribution in [0.3, 0.4) is 0 Å². The molecule has 0 saturated carbocycles. The highest BCUT2D eigenvalue weighted by molar-refractivity contribution is 5.91. The van der Waals surface area contributed by atoms with Gasteiger partial charge in [-0.1, -0.05) is 30.3 Å². The molecule has 1 aliphatic heterocycles. The summed E-state index contributed by atoms with van der Waals surface area (Å²) in [6.45, 7) is 3.10. The fourth-order valence-electron chi connectivity index (χ4n) is 3.51. The molecule has 1 aliphatic rings. The first-order chi connectivity index (χ1) is 12.5. The first kappa shape index (κ1) is 18.2. The van der Waals surface area contributed by atoms with Crippen molar-refractivity contribution in [2.45, 2.75) is 32.3 Å². The number of carbonyl (C=O) groups is 2. The number of carbonyl (C=O) groups excluding carboxylic acids is 2. The molecule has 0 N–H and O–H groups in total. The normalized spacial score (nSPS) is 16.3. The van der Waals surface area contributed by atoms with Crippen molar-refractivity contribution in [1.29, 1.82) is 0 Å². The van der Waals surface area contributed by atoms with Crippen molar-refractivity contribution in [1.82, 2.24) is 9.47 Å². The number of amides is 1. The second kappa shape index (κ2) is 8.21. The Hall–Kier alpha value is -2.56. The first-order valence-electron chi connectivity index (χ1n) is 9.19. The standard InChI is InChI=1S/C21H26N2O3/c1-16(26-21(25)19-9-6-12-22(19)2)20(24)23-13-10-18(11-14-23)15-17-7-4-3-5-8-17/h3-9,12,16,18H,10-11,13-15H2,1-2H3/t16-/m1/s1. The molecule has 3 rings (SSSR count). The molecule has 1 amide bonds. The zero-order chi connectivity index (χ0) is 18.5. The number of rotatable bonds is 5. The van der Waals surface area contributed by atoms with Crippen LogP contribution in [0.15, 0.2) is 48.7 Å². The van der Waals surface area contributed by atoms with Crippen molar-refractivity contribution < 1.29 is 14.3 Å². The molecule has 1 aromatic carbocycles. The van der Waals surface area contributed by atoms with E-state index in [4.69, 9.17) is 4.74 Å². The zero-order valence-corrected chi connectivity index (χ0v) is 15.4. The Morgan fingerprint density at radius 3 is 2.42 bits per heavy atom. The maximum absolute atomic E-state index is 12.6. The van der Waals surface area contributed by atoms with E-state index in [0.29, 0.717) is 11.6 Å². The third kappa shape index (κ3) is 4.34. The van der Waals surface area contributed by atoms with E-state index in [9.17, 15) is 9.59 Å². The van der Waals surface area contributed by atoms with Crippen LogP contribution in [-0.4, -0.2) is 40.5 Å². The molecule has 0 radical (unpaired) electrons. The van der Waals surface area contributed by atoms with Crippen molar-refractivity contribution in [3.05, 3.63) is 59.9 Å². The van der Waals surface area contributed by atoms with E-state index in [1.165, 1.54) is 5.56 Å². The second-order valence-corrected chi connectivity index (χ2v) is 7.01. The molecule has 0 unspecified atom stereocenters. The monoisotopic (exact) mass is 354 g/mol. The highest BCUT2D eigenvalue weighted by atomic mass is 16.5. The van der Waals surface area contributed by atoms with Gasteiger partial charge in [-0.25, -0.2) is 4.79 Å². The summed E-state index contributed by atoms with van der Waals surface area (Å²) in [6.07, 6.45) is 4.04. The zero-order valence-electron chi connectivity index (χ0n) is 15.4. The van der Waals surface area contributed by atoms with Crippen LogP contribution >= 0.6 is 0 Å². The van der Waals surface area contributed by atoms with Gasteiger partial charge >= 0.3 is 5.97 Å². The van der Waals surface area contributed by atoms with Gasteiger partial charge in [-0.3, -0.25) is 4.79 Å². The molecule has 138 valence electrons. The predicted molar refractivity (Wildman–Crippen MR) is 99.7 cm³/mol. The minimum atomic E-state index is -0.761. The Kier molecular flexibility index (Phi) is 5.76. The smallest absolute Gasteiger partial charge is 0.355 e. The predicted octanol–water partition coefficient (Wildman–Crippen LogP) is 3.05. The van der Waals surface area contributed by atoms with Crippen LogP contribution in [-0.2, 0) is 23.0 Å². The van der Waals surface area contributed by atoms with E-state index in [1.54, 1.807) is 36.9 Å². The molecule has 0 aliphatic carbocycles. The van der Waals surface area contributed by atoms with Crippen LogP contribution < -0.4 is 0 Å². The van der Waals surface area contributed by atoms with Gasteiger partial charge in [-0.2, -0.15) is 0 Å². The van der Waals surface area contributed by atoms with Gasteiger partial charge in [0.15, 0.2) is 6.10 Å². The molecule has 1 saturated heterocycles. The molecule has 2 aromatic rings. The van der Waals surface area contributed by atoms with Gasteiger partial charge in [-0.15, -0.1) is 0 Å². The quantitative estimate of drug-likeness (QED) is 0.776. The largest absolute Gasteiger partial charge is 0.448 e. The van der Waals surface area contributed by atoms with Crippen molar-refractivity contribution in [2.75, 3.05) is 13.1 Å². The summed E-state index contributed by atoms with van der Waals surface area (Å²) in [5, 5.41) is 0. The number of nitrogens with zero attached hydrogens (tertiary/aromatic N) is 2. The summed E-state index contributed by atoms with van der Waals surface area (Å²) in [6, 6.07) is 13.9. The fraction of sp³-hybridized carbons (Fsp3) is 0.429. The van der Waals surface area contributed by atoms with Gasteiger partial charge < -0.3 is 14.2 Å². The average molecular weight is 354 g/mol. The molecule has 2 heterocycles. The minimum Gasteiger partial charge on any atom is -0.448 e. The fourth-order valence-corrected chi connectivity index (χ4v) is 3.51. The third-order valence-corrected chi connectivity index (χ3v) is 5.08. The minimum absolute atomic E-state index is 0.106. The second-order valence-electron chi connectivity index (χ2n) is 7.01. The third-order valence-electron chi connectivity index (χ3n) is 5.08. The summed E-state index contributed by atoms with van der Waals surface area (Å²) < 4.78 is 7.05. The Morgan fingerprint density at radius 1 is 1.12 bits per heavy atom. The molecular formula is C21H26N2O3. The number of benzene rings is 1. The molecule has 0 spiro atoms. The van der Waals surface area contributed by atoms with Crippen LogP contribution in [0.25, 0.3) is 0 Å². The summed E-state index contributed by atoms with van der Waals surface area (Å²) in [4.78, 5) is 26.6. The van der Waals surface area contributed by atoms with Gasteiger partial charge in [0, 0.05) is 26.3 Å². The summed E-state index contributed by atoms with van der Waals surface area (Å²) in [5.74, 6) is 0.0331. The lowest BCUT2D eigenvalue weighted by molar-refractivity contribution is -0.141. The summed E-state index contributed by atoms with van der Waals surface area (Å²) in [5.41, 5.74) is 1.80. The Morgan fingerprint density at radius 2 is 1.81 bits per heavy atom. The van der Waals surface area contributed by atoms with Crippen molar-refractivity contribution >= 4 is 11.9 Å². The van der Waals surface area contributed by atoms with Crippen LogP contribution in [0.5, 0.6) is 0 Å². The van der Waals surface area contributed by atoms with E-state index >= 15 is 0 Å². The van der Waals surface area contributed by atoms with Crippen LogP contribution in [0.2, 0.25) is 0 Å². The van der Waals surface area contributed by atoms with Gasteiger partial charge in [-0.05, 0) is 49.8 Å². The van der Waals surface area contributed by atoms with Crippen LogP contribution in [0, 0.1) is 5.92 Å². The highest BCUT2D eigenvalue weighted by Gasteiger charge is 2.28. The number of ether oxygens (including phenoxy) is 1. The van der Waals surface area contributed by atoms with E-state index in [1.807, 2.05) is 11.0 Å². The molecular weight excluding hydrogens is 328 g/mol. The molecule has 1 aromatic heterocycles. The average Bonchev–Trinajstić information content (AvgIpc) is 3.08. The lowest BCUT2D eigenvalue weighted by Gasteiger charge is -2.33. The number of aryl methyl sites for hydroxylation is 1. The Labute approximate surface area is 154 Å². The summed E-state index contributed by atoms with van der Waals surface area (Å²) in [7, 11) is 1.78. The maximum Gasteiger partial charge on any atom is 0.355 e. The number of esters is 1. The SMILES string of the molecule is C[C@@H](OC(=O)c1cccn1C)C(=O)N1CCC(Cc2ccccc2)CC1. The number of likely N-dealkylation sites (tertiary alicyclic amines) is 1. The topological polar surface area (TPSA) is 51.5 Å². The van der Waals surface area contributed by atoms with Crippen LogP contribution in [0.1, 0.15) is 35.8 Å². The molecule has 1 fully saturated rings. The van der Waals surface area contributed by atoms with Gasteiger partial charge in [0.2, 0.25) is 0 Å². The lowest BCUT2D eigenvalue weighted by atomic mass is 9.90. The number of aromatic nitrogens is 1. The number of hydrogen-bond acceptors (Lipinski definition) is 3. The summed E-state index contributed by atoms with van der Waals surface area (Å²) >= 11 is 0. The Bertz CT molecular complexity index is 746. The molecule has 26 heavy (non-hydrogen) atoms.